The maximum atomic E-state index is 10.9. The minimum atomic E-state index is -0.508. The van der Waals surface area contributed by atoms with E-state index in [1.165, 1.54) is 11.1 Å². The van der Waals surface area contributed by atoms with Crippen molar-refractivity contribution in [2.45, 2.75) is 13.3 Å². The van der Waals surface area contributed by atoms with Gasteiger partial charge in [0.1, 0.15) is 0 Å². The first-order valence-electron chi connectivity index (χ1n) is 5.09. The molecule has 0 aliphatic heterocycles. The lowest BCUT2D eigenvalue weighted by atomic mass is 10.1. The van der Waals surface area contributed by atoms with Gasteiger partial charge in [-0.15, -0.1) is 5.10 Å². The molecule has 0 spiro atoms. The van der Waals surface area contributed by atoms with Crippen molar-refractivity contribution in [2.24, 2.45) is 0 Å². The number of H-pyrrole nitrogens is 1. The number of aromatic amines is 1. The number of aromatic nitrogens is 2. The fourth-order valence-corrected chi connectivity index (χ4v) is 2.12. The third kappa shape index (κ3) is 1.23. The maximum Gasteiger partial charge on any atom is 0.434 e. The fraction of sp³-hybridized carbons (Fsp3) is 0.167. The van der Waals surface area contributed by atoms with E-state index in [1.807, 2.05) is 19.1 Å². The van der Waals surface area contributed by atoms with Crippen molar-refractivity contribution in [2.75, 3.05) is 0 Å². The van der Waals surface area contributed by atoms with Crippen LogP contribution in [-0.2, 0) is 6.42 Å². The minimum Gasteiger partial charge on any atom is -0.388 e. The third-order valence-electron chi connectivity index (χ3n) is 2.94. The topological polar surface area (TPSA) is 58.9 Å². The van der Waals surface area contributed by atoms with Gasteiger partial charge in [0.05, 0.1) is 0 Å². The molecule has 0 fully saturated rings. The minimum absolute atomic E-state index is 0.402. The van der Waals surface area contributed by atoms with Crippen LogP contribution in [0.25, 0.3) is 11.1 Å². The molecule has 0 amide bonds. The summed E-state index contributed by atoms with van der Waals surface area (Å²) < 4.78 is 4.99. The van der Waals surface area contributed by atoms with Gasteiger partial charge in [-0.2, -0.15) is 0 Å². The van der Waals surface area contributed by atoms with E-state index in [-0.39, 0.29) is 0 Å². The van der Waals surface area contributed by atoms with Gasteiger partial charge in [-0.3, -0.25) is 0 Å². The summed E-state index contributed by atoms with van der Waals surface area (Å²) in [7, 11) is 0. The van der Waals surface area contributed by atoms with E-state index in [4.69, 9.17) is 4.42 Å². The van der Waals surface area contributed by atoms with E-state index in [9.17, 15) is 4.79 Å². The van der Waals surface area contributed by atoms with Crippen molar-refractivity contribution in [3.05, 3.63) is 51.8 Å². The number of nitrogens with one attached hydrogen (secondary N) is 1. The first-order valence-corrected chi connectivity index (χ1v) is 5.09. The number of nitrogens with zero attached hydrogens (tertiary/aromatic N) is 1. The van der Waals surface area contributed by atoms with Crippen LogP contribution in [0.15, 0.2) is 33.5 Å². The van der Waals surface area contributed by atoms with Crippen LogP contribution in [0, 0.1) is 0 Å². The molecule has 0 bridgehead atoms. The summed E-state index contributed by atoms with van der Waals surface area (Å²) in [4.78, 5) is 10.9. The second kappa shape index (κ2) is 3.20. The molecule has 1 aliphatic rings. The van der Waals surface area contributed by atoms with Gasteiger partial charge in [-0.1, -0.05) is 24.3 Å². The van der Waals surface area contributed by atoms with Crippen LogP contribution in [-0.4, -0.2) is 10.2 Å². The van der Waals surface area contributed by atoms with E-state index < -0.39 is 5.76 Å². The monoisotopic (exact) mass is 214 g/mol. The molecule has 0 unspecified atom stereocenters. The molecule has 2 aromatic rings. The highest BCUT2D eigenvalue weighted by Gasteiger charge is 2.22. The highest BCUT2D eigenvalue weighted by atomic mass is 16.4. The number of benzene rings is 1. The van der Waals surface area contributed by atoms with E-state index >= 15 is 0 Å². The van der Waals surface area contributed by atoms with Gasteiger partial charge in [-0.05, 0) is 23.6 Å². The average Bonchev–Trinajstić information content (AvgIpc) is 2.84. The Morgan fingerprint density at radius 2 is 2.19 bits per heavy atom. The first kappa shape index (κ1) is 9.15. The van der Waals surface area contributed by atoms with E-state index in [0.717, 1.165) is 17.6 Å². The second-order valence-electron chi connectivity index (χ2n) is 3.86. The smallest absolute Gasteiger partial charge is 0.388 e. The molecule has 80 valence electrons. The van der Waals surface area contributed by atoms with Gasteiger partial charge in [0.15, 0.2) is 0 Å². The molecule has 1 N–H and O–H groups in total. The quantitative estimate of drug-likeness (QED) is 0.788. The van der Waals surface area contributed by atoms with Crippen molar-refractivity contribution in [1.82, 2.24) is 10.2 Å². The summed E-state index contributed by atoms with van der Waals surface area (Å²) in [6, 6.07) is 8.17. The number of hydrogen-bond acceptors (Lipinski definition) is 3. The standard InChI is InChI=1S/C12H10N2O2/c1-7-9-5-3-2-4-8(9)6-10(7)11-13-14-12(15)16-11/h2-5H,6H2,1H3,(H,14,15). The molecule has 0 saturated heterocycles. The van der Waals surface area contributed by atoms with Crippen molar-refractivity contribution in [1.29, 1.82) is 0 Å². The van der Waals surface area contributed by atoms with Crippen LogP contribution in [0.3, 0.4) is 0 Å². The Hall–Kier alpha value is -2.10. The molecule has 1 heterocycles. The van der Waals surface area contributed by atoms with Crippen LogP contribution in [0.2, 0.25) is 0 Å². The Kier molecular flexibility index (Phi) is 1.83. The number of hydrogen-bond donors (Lipinski definition) is 1. The van der Waals surface area contributed by atoms with E-state index in [1.54, 1.807) is 0 Å². The van der Waals surface area contributed by atoms with Gasteiger partial charge in [-0.25, -0.2) is 9.89 Å². The van der Waals surface area contributed by atoms with Crippen LogP contribution in [0.4, 0.5) is 0 Å². The fourth-order valence-electron chi connectivity index (χ4n) is 2.12. The predicted molar refractivity (Wildman–Crippen MR) is 59.8 cm³/mol. The summed E-state index contributed by atoms with van der Waals surface area (Å²) >= 11 is 0. The summed E-state index contributed by atoms with van der Waals surface area (Å²) in [6.07, 6.45) is 0.774. The number of allylic oxidation sites excluding steroid dienone is 2. The van der Waals surface area contributed by atoms with Crippen LogP contribution >= 0.6 is 0 Å². The van der Waals surface area contributed by atoms with E-state index in [0.29, 0.717) is 5.89 Å². The largest absolute Gasteiger partial charge is 0.434 e. The molecule has 1 aromatic carbocycles. The van der Waals surface area contributed by atoms with Gasteiger partial charge in [0.25, 0.3) is 0 Å². The molecule has 0 atom stereocenters. The third-order valence-corrected chi connectivity index (χ3v) is 2.94. The SMILES string of the molecule is CC1=C(c2n[nH]c(=O)o2)Cc2ccccc21. The lowest BCUT2D eigenvalue weighted by molar-refractivity contribution is 0.499. The molecule has 3 rings (SSSR count). The molecule has 1 aromatic heterocycles. The van der Waals surface area contributed by atoms with Gasteiger partial charge in [0.2, 0.25) is 5.89 Å². The Morgan fingerprint density at radius 3 is 2.88 bits per heavy atom. The Balaban J connectivity index is 2.14. The highest BCUT2D eigenvalue weighted by Crippen LogP contribution is 2.36. The molecular formula is C12H10N2O2. The number of fused-ring (bicyclic) bond motifs is 1. The molecule has 4 nitrogen and oxygen atoms in total. The van der Waals surface area contributed by atoms with Crippen LogP contribution in [0.1, 0.15) is 23.9 Å². The van der Waals surface area contributed by atoms with Gasteiger partial charge < -0.3 is 4.42 Å². The zero-order valence-electron chi connectivity index (χ0n) is 8.78. The zero-order valence-corrected chi connectivity index (χ0v) is 8.78. The molecule has 1 aliphatic carbocycles. The Morgan fingerprint density at radius 1 is 1.38 bits per heavy atom. The second-order valence-corrected chi connectivity index (χ2v) is 3.86. The number of rotatable bonds is 1. The predicted octanol–water partition coefficient (Wildman–Crippen LogP) is 1.85. The van der Waals surface area contributed by atoms with Gasteiger partial charge in [0, 0.05) is 12.0 Å². The van der Waals surface area contributed by atoms with Crippen LogP contribution in [0.5, 0.6) is 0 Å². The van der Waals surface area contributed by atoms with Crippen molar-refractivity contribution < 1.29 is 4.42 Å². The van der Waals surface area contributed by atoms with Crippen LogP contribution < -0.4 is 5.76 Å². The lowest BCUT2D eigenvalue weighted by Gasteiger charge is -1.97. The molecule has 16 heavy (non-hydrogen) atoms. The summed E-state index contributed by atoms with van der Waals surface area (Å²) in [6.45, 7) is 2.02. The van der Waals surface area contributed by atoms with Gasteiger partial charge >= 0.3 is 5.76 Å². The lowest BCUT2D eigenvalue weighted by Crippen LogP contribution is -1.93. The normalized spacial score (nSPS) is 14.3. The molecule has 4 heteroatoms. The first-order chi connectivity index (χ1) is 7.75. The Labute approximate surface area is 91.6 Å². The Bertz CT molecular complexity index is 634. The van der Waals surface area contributed by atoms with E-state index in [2.05, 4.69) is 22.3 Å². The molecule has 0 saturated carbocycles. The maximum absolute atomic E-state index is 10.9. The van der Waals surface area contributed by atoms with Crippen molar-refractivity contribution in [3.8, 4) is 0 Å². The average molecular weight is 214 g/mol. The van der Waals surface area contributed by atoms with Crippen molar-refractivity contribution >= 4 is 11.1 Å². The summed E-state index contributed by atoms with van der Waals surface area (Å²) in [5.41, 5.74) is 4.58. The highest BCUT2D eigenvalue weighted by molar-refractivity contribution is 5.94. The van der Waals surface area contributed by atoms with Crippen molar-refractivity contribution in [3.63, 3.8) is 0 Å². The summed E-state index contributed by atoms with van der Waals surface area (Å²) in [5.74, 6) is -0.107. The molecule has 0 radical (unpaired) electrons. The zero-order chi connectivity index (χ0) is 11.1. The molecular weight excluding hydrogens is 204 g/mol. The summed E-state index contributed by atoms with van der Waals surface area (Å²) in [5, 5.41) is 6.16.